The van der Waals surface area contributed by atoms with E-state index in [1.54, 1.807) is 31.2 Å². The molecule has 2 N–H and O–H groups in total. The molecule has 0 aliphatic rings. The number of ether oxygens (including phenoxy) is 2. The van der Waals surface area contributed by atoms with Gasteiger partial charge in [-0.3, -0.25) is 9.59 Å². The lowest BCUT2D eigenvalue weighted by molar-refractivity contribution is -0.129. The van der Waals surface area contributed by atoms with Crippen LogP contribution in [0.25, 0.3) is 0 Å². The van der Waals surface area contributed by atoms with Crippen molar-refractivity contribution in [2.24, 2.45) is 0 Å². The first kappa shape index (κ1) is 17.8. The van der Waals surface area contributed by atoms with Gasteiger partial charge in [-0.05, 0) is 44.5 Å². The molecule has 0 radical (unpaired) electrons. The highest BCUT2D eigenvalue weighted by Crippen LogP contribution is 2.17. The second-order valence-corrected chi connectivity index (χ2v) is 4.77. The topological polar surface area (TPSA) is 76.7 Å². The van der Waals surface area contributed by atoms with Crippen molar-refractivity contribution in [1.82, 2.24) is 10.6 Å². The molecule has 0 aliphatic heterocycles. The molecule has 6 heteroatoms. The predicted molar refractivity (Wildman–Crippen MR) is 84.0 cm³/mol. The van der Waals surface area contributed by atoms with E-state index >= 15 is 0 Å². The molecule has 2 amide bonds. The normalized spacial score (nSPS) is 11.4. The number of hydrogen-bond donors (Lipinski definition) is 2. The molecular weight excluding hydrogens is 284 g/mol. The van der Waals surface area contributed by atoms with Gasteiger partial charge in [0.2, 0.25) is 5.91 Å². The van der Waals surface area contributed by atoms with Gasteiger partial charge in [-0.15, -0.1) is 0 Å². The van der Waals surface area contributed by atoms with Gasteiger partial charge in [0.05, 0.1) is 6.61 Å². The Morgan fingerprint density at radius 2 is 1.68 bits per heavy atom. The molecule has 1 aromatic rings. The van der Waals surface area contributed by atoms with Crippen molar-refractivity contribution in [2.75, 3.05) is 19.8 Å². The van der Waals surface area contributed by atoms with Gasteiger partial charge in [-0.1, -0.05) is 6.92 Å². The zero-order valence-corrected chi connectivity index (χ0v) is 13.3. The van der Waals surface area contributed by atoms with Crippen LogP contribution in [-0.2, 0) is 9.59 Å². The Morgan fingerprint density at radius 1 is 1.09 bits per heavy atom. The zero-order valence-electron chi connectivity index (χ0n) is 13.3. The van der Waals surface area contributed by atoms with Crippen LogP contribution in [0.3, 0.4) is 0 Å². The van der Waals surface area contributed by atoms with Crippen LogP contribution < -0.4 is 20.1 Å². The molecule has 0 heterocycles. The van der Waals surface area contributed by atoms with Gasteiger partial charge in [0, 0.05) is 6.54 Å². The van der Waals surface area contributed by atoms with E-state index in [0.29, 0.717) is 18.9 Å². The molecule has 122 valence electrons. The van der Waals surface area contributed by atoms with Gasteiger partial charge in [-0.25, -0.2) is 0 Å². The minimum atomic E-state index is -0.581. The molecule has 1 aromatic carbocycles. The molecule has 1 unspecified atom stereocenters. The van der Waals surface area contributed by atoms with Crippen LogP contribution >= 0.6 is 0 Å². The van der Waals surface area contributed by atoms with Crippen molar-refractivity contribution in [2.45, 2.75) is 33.2 Å². The quantitative estimate of drug-likeness (QED) is 0.725. The zero-order chi connectivity index (χ0) is 16.4. The molecular formula is C16H24N2O4. The van der Waals surface area contributed by atoms with E-state index in [-0.39, 0.29) is 18.4 Å². The van der Waals surface area contributed by atoms with Crippen LogP contribution in [0.1, 0.15) is 27.2 Å². The first-order valence-corrected chi connectivity index (χ1v) is 7.49. The second-order valence-electron chi connectivity index (χ2n) is 4.77. The molecule has 0 spiro atoms. The standard InChI is InChI=1S/C16H24N2O4/c1-4-10-17-16(20)12(3)18-15(19)11-22-14-8-6-13(7-9-14)21-5-2/h6-9,12H,4-5,10-11H2,1-3H3,(H,17,20)(H,18,19). The smallest absolute Gasteiger partial charge is 0.258 e. The van der Waals surface area contributed by atoms with Crippen molar-refractivity contribution in [1.29, 1.82) is 0 Å². The number of carbonyl (C=O) groups is 2. The van der Waals surface area contributed by atoms with Crippen molar-refractivity contribution in [3.63, 3.8) is 0 Å². The SMILES string of the molecule is CCCNC(=O)C(C)NC(=O)COc1ccc(OCC)cc1. The van der Waals surface area contributed by atoms with Gasteiger partial charge in [-0.2, -0.15) is 0 Å². The number of hydrogen-bond acceptors (Lipinski definition) is 4. The Bertz CT molecular complexity index is 474. The Balaban J connectivity index is 2.34. The summed E-state index contributed by atoms with van der Waals surface area (Å²) in [6.45, 7) is 6.57. The predicted octanol–water partition coefficient (Wildman–Crippen LogP) is 1.49. The van der Waals surface area contributed by atoms with Crippen molar-refractivity contribution < 1.29 is 19.1 Å². The molecule has 22 heavy (non-hydrogen) atoms. The molecule has 0 saturated carbocycles. The third-order valence-electron chi connectivity index (χ3n) is 2.82. The molecule has 0 aromatic heterocycles. The van der Waals surface area contributed by atoms with Crippen LogP contribution in [-0.4, -0.2) is 37.6 Å². The number of nitrogens with one attached hydrogen (secondary N) is 2. The van der Waals surface area contributed by atoms with E-state index in [4.69, 9.17) is 9.47 Å². The Morgan fingerprint density at radius 3 is 2.23 bits per heavy atom. The molecule has 0 aliphatic carbocycles. The Kier molecular flexibility index (Phi) is 7.81. The summed E-state index contributed by atoms with van der Waals surface area (Å²) in [4.78, 5) is 23.4. The molecule has 6 nitrogen and oxygen atoms in total. The minimum absolute atomic E-state index is 0.140. The van der Waals surface area contributed by atoms with E-state index in [0.717, 1.165) is 12.2 Å². The highest BCUT2D eigenvalue weighted by Gasteiger charge is 2.15. The van der Waals surface area contributed by atoms with Crippen molar-refractivity contribution in [3.8, 4) is 11.5 Å². The number of carbonyl (C=O) groups excluding carboxylic acids is 2. The van der Waals surface area contributed by atoms with E-state index in [2.05, 4.69) is 10.6 Å². The monoisotopic (exact) mass is 308 g/mol. The van der Waals surface area contributed by atoms with Crippen LogP contribution in [0.15, 0.2) is 24.3 Å². The lowest BCUT2D eigenvalue weighted by atomic mass is 10.3. The fourth-order valence-corrected chi connectivity index (χ4v) is 1.70. The summed E-state index contributed by atoms with van der Waals surface area (Å²) < 4.78 is 10.7. The summed E-state index contributed by atoms with van der Waals surface area (Å²) in [6.07, 6.45) is 0.854. The maximum Gasteiger partial charge on any atom is 0.258 e. The van der Waals surface area contributed by atoms with Crippen LogP contribution in [0.5, 0.6) is 11.5 Å². The van der Waals surface area contributed by atoms with E-state index in [1.165, 1.54) is 0 Å². The second kappa shape index (κ2) is 9.65. The van der Waals surface area contributed by atoms with Crippen molar-refractivity contribution >= 4 is 11.8 Å². The first-order valence-electron chi connectivity index (χ1n) is 7.49. The van der Waals surface area contributed by atoms with E-state index in [1.807, 2.05) is 13.8 Å². The molecule has 0 bridgehead atoms. The van der Waals surface area contributed by atoms with E-state index < -0.39 is 6.04 Å². The minimum Gasteiger partial charge on any atom is -0.494 e. The lowest BCUT2D eigenvalue weighted by Crippen LogP contribution is -2.46. The number of benzene rings is 1. The third-order valence-corrected chi connectivity index (χ3v) is 2.82. The number of rotatable bonds is 9. The first-order chi connectivity index (χ1) is 10.6. The largest absolute Gasteiger partial charge is 0.494 e. The number of amides is 2. The molecule has 1 rings (SSSR count). The average Bonchev–Trinajstić information content (AvgIpc) is 2.52. The maximum atomic E-state index is 11.7. The fraction of sp³-hybridized carbons (Fsp3) is 0.500. The highest BCUT2D eigenvalue weighted by atomic mass is 16.5. The lowest BCUT2D eigenvalue weighted by Gasteiger charge is -2.14. The Labute approximate surface area is 131 Å². The van der Waals surface area contributed by atoms with Crippen molar-refractivity contribution in [3.05, 3.63) is 24.3 Å². The molecule has 0 saturated heterocycles. The summed E-state index contributed by atoms with van der Waals surface area (Å²) >= 11 is 0. The summed E-state index contributed by atoms with van der Waals surface area (Å²) in [5.74, 6) is 0.784. The average molecular weight is 308 g/mol. The van der Waals surface area contributed by atoms with Crippen LogP contribution in [0, 0.1) is 0 Å². The van der Waals surface area contributed by atoms with Gasteiger partial charge in [0.25, 0.3) is 5.91 Å². The van der Waals surface area contributed by atoms with Gasteiger partial charge in [0.1, 0.15) is 17.5 Å². The van der Waals surface area contributed by atoms with Gasteiger partial charge in [0.15, 0.2) is 6.61 Å². The highest BCUT2D eigenvalue weighted by molar-refractivity contribution is 5.87. The fourth-order valence-electron chi connectivity index (χ4n) is 1.70. The third kappa shape index (κ3) is 6.47. The molecule has 0 fully saturated rings. The van der Waals surface area contributed by atoms with Gasteiger partial charge < -0.3 is 20.1 Å². The van der Waals surface area contributed by atoms with Crippen LogP contribution in [0.2, 0.25) is 0 Å². The van der Waals surface area contributed by atoms with Crippen LogP contribution in [0.4, 0.5) is 0 Å². The van der Waals surface area contributed by atoms with Gasteiger partial charge >= 0.3 is 0 Å². The summed E-state index contributed by atoms with van der Waals surface area (Å²) in [6, 6.07) is 6.43. The Hall–Kier alpha value is -2.24. The summed E-state index contributed by atoms with van der Waals surface area (Å²) in [7, 11) is 0. The maximum absolute atomic E-state index is 11.7. The summed E-state index contributed by atoms with van der Waals surface area (Å²) in [5, 5.41) is 5.31. The molecule has 1 atom stereocenters. The summed E-state index contributed by atoms with van der Waals surface area (Å²) in [5.41, 5.74) is 0. The van der Waals surface area contributed by atoms with E-state index in [9.17, 15) is 9.59 Å².